The van der Waals surface area contributed by atoms with Crippen LogP contribution in [0.3, 0.4) is 0 Å². The third-order valence-corrected chi connectivity index (χ3v) is 1.15. The molecule has 9 heavy (non-hydrogen) atoms. The van der Waals surface area contributed by atoms with E-state index < -0.39 is 0 Å². The first-order valence-electron chi connectivity index (χ1n) is 2.98. The van der Waals surface area contributed by atoms with E-state index in [1.807, 2.05) is 6.92 Å². The summed E-state index contributed by atoms with van der Waals surface area (Å²) in [7, 11) is 0. The molecule has 0 fully saturated rings. The van der Waals surface area contributed by atoms with E-state index in [0.29, 0.717) is 6.42 Å². The Balaban J connectivity index is 3.58. The van der Waals surface area contributed by atoms with Gasteiger partial charge < -0.3 is 0 Å². The second-order valence-electron chi connectivity index (χ2n) is 2.09. The van der Waals surface area contributed by atoms with E-state index >= 15 is 0 Å². The Kier molecular flexibility index (Phi) is 3.69. The monoisotopic (exact) mass is 124 g/mol. The topological polar surface area (TPSA) is 17.1 Å². The molecule has 0 bridgehead atoms. The molecular formula is C8H12O. The zero-order chi connectivity index (χ0) is 7.28. The minimum Gasteiger partial charge on any atom is -0.295 e. The number of carbonyl (C=O) groups excluding carboxylic acids is 1. The smallest absolute Gasteiger partial charge is 0.155 e. The maximum absolute atomic E-state index is 10.6. The van der Waals surface area contributed by atoms with Crippen LogP contribution < -0.4 is 0 Å². The molecule has 0 aliphatic rings. The van der Waals surface area contributed by atoms with Crippen molar-refractivity contribution in [3.8, 4) is 0 Å². The van der Waals surface area contributed by atoms with Crippen LogP contribution in [0.2, 0.25) is 0 Å². The quantitative estimate of drug-likeness (QED) is 0.413. The molecule has 0 radical (unpaired) electrons. The molecule has 0 aromatic rings. The van der Waals surface area contributed by atoms with Crippen LogP contribution in [0.1, 0.15) is 13.3 Å². The van der Waals surface area contributed by atoms with Crippen LogP contribution in [-0.2, 0) is 4.79 Å². The lowest BCUT2D eigenvalue weighted by molar-refractivity contribution is -0.115. The van der Waals surface area contributed by atoms with Crippen LogP contribution in [0.4, 0.5) is 0 Å². The van der Waals surface area contributed by atoms with Crippen molar-refractivity contribution in [3.05, 3.63) is 25.3 Å². The summed E-state index contributed by atoms with van der Waals surface area (Å²) in [4.78, 5) is 10.6. The summed E-state index contributed by atoms with van der Waals surface area (Å²) in [6.07, 6.45) is 3.65. The molecule has 1 unspecified atom stereocenters. The lowest BCUT2D eigenvalue weighted by Gasteiger charge is -1.98. The van der Waals surface area contributed by atoms with Gasteiger partial charge in [-0.25, -0.2) is 0 Å². The fourth-order valence-corrected chi connectivity index (χ4v) is 0.484. The maximum atomic E-state index is 10.6. The van der Waals surface area contributed by atoms with Gasteiger partial charge in [0.05, 0.1) is 0 Å². The molecular weight excluding hydrogens is 112 g/mol. The Morgan fingerprint density at radius 1 is 1.67 bits per heavy atom. The molecule has 0 aliphatic heterocycles. The molecule has 0 aromatic carbocycles. The molecule has 1 nitrogen and oxygen atoms in total. The van der Waals surface area contributed by atoms with Gasteiger partial charge in [0.1, 0.15) is 0 Å². The number of ketones is 1. The molecule has 0 aliphatic carbocycles. The Hall–Kier alpha value is -0.850. The van der Waals surface area contributed by atoms with E-state index in [1.165, 1.54) is 6.08 Å². The van der Waals surface area contributed by atoms with Crippen LogP contribution in [0.15, 0.2) is 25.3 Å². The predicted octanol–water partition coefficient (Wildman–Crippen LogP) is 1.95. The molecule has 50 valence electrons. The van der Waals surface area contributed by atoms with Crippen LogP contribution in [0.5, 0.6) is 0 Å². The van der Waals surface area contributed by atoms with Crippen LogP contribution in [0, 0.1) is 5.92 Å². The first-order chi connectivity index (χ1) is 4.20. The number of hydrogen-bond donors (Lipinski definition) is 0. The molecule has 0 heterocycles. The minimum absolute atomic E-state index is 0.0856. The van der Waals surface area contributed by atoms with Gasteiger partial charge in [0.2, 0.25) is 0 Å². The molecule has 1 atom stereocenters. The van der Waals surface area contributed by atoms with Crippen molar-refractivity contribution < 1.29 is 4.79 Å². The normalized spacial score (nSPS) is 12.1. The van der Waals surface area contributed by atoms with E-state index in [1.54, 1.807) is 6.08 Å². The van der Waals surface area contributed by atoms with Gasteiger partial charge >= 0.3 is 0 Å². The first kappa shape index (κ1) is 8.15. The third-order valence-electron chi connectivity index (χ3n) is 1.15. The summed E-state index contributed by atoms with van der Waals surface area (Å²) in [5.41, 5.74) is 0. The molecule has 0 amide bonds. The summed E-state index contributed by atoms with van der Waals surface area (Å²) in [6, 6.07) is 0. The van der Waals surface area contributed by atoms with Crippen molar-refractivity contribution in [2.75, 3.05) is 0 Å². The predicted molar refractivity (Wildman–Crippen MR) is 39.2 cm³/mol. The van der Waals surface area contributed by atoms with Gasteiger partial charge in [-0.2, -0.15) is 0 Å². The van der Waals surface area contributed by atoms with E-state index in [4.69, 9.17) is 0 Å². The highest BCUT2D eigenvalue weighted by molar-refractivity contribution is 5.89. The van der Waals surface area contributed by atoms with Gasteiger partial charge in [0.15, 0.2) is 5.78 Å². The Labute approximate surface area is 56.1 Å². The second kappa shape index (κ2) is 4.07. The van der Waals surface area contributed by atoms with Crippen molar-refractivity contribution >= 4 is 5.78 Å². The summed E-state index contributed by atoms with van der Waals surface area (Å²) in [5, 5.41) is 0. The molecule has 0 rings (SSSR count). The Morgan fingerprint density at radius 2 is 2.22 bits per heavy atom. The fraction of sp³-hybridized carbons (Fsp3) is 0.375. The minimum atomic E-state index is 0.0856. The van der Waals surface area contributed by atoms with Crippen molar-refractivity contribution in [2.24, 2.45) is 5.92 Å². The molecule has 0 saturated heterocycles. The number of allylic oxidation sites excluding steroid dienone is 2. The SMILES string of the molecule is C=CC(=O)CC(C)C=C. The molecule has 1 heteroatoms. The lowest BCUT2D eigenvalue weighted by atomic mass is 10.1. The van der Waals surface area contributed by atoms with Crippen LogP contribution in [-0.4, -0.2) is 5.78 Å². The number of hydrogen-bond acceptors (Lipinski definition) is 1. The van der Waals surface area contributed by atoms with Gasteiger partial charge in [0.25, 0.3) is 0 Å². The average Bonchev–Trinajstić information content (AvgIpc) is 1.87. The highest BCUT2D eigenvalue weighted by Gasteiger charge is 1.99. The largest absolute Gasteiger partial charge is 0.295 e. The van der Waals surface area contributed by atoms with Crippen LogP contribution in [0.25, 0.3) is 0 Å². The van der Waals surface area contributed by atoms with Gasteiger partial charge in [0, 0.05) is 6.42 Å². The lowest BCUT2D eigenvalue weighted by Crippen LogP contribution is -1.98. The van der Waals surface area contributed by atoms with E-state index in [0.717, 1.165) is 0 Å². The van der Waals surface area contributed by atoms with Gasteiger partial charge in [-0.15, -0.1) is 6.58 Å². The zero-order valence-corrected chi connectivity index (χ0v) is 5.76. The highest BCUT2D eigenvalue weighted by atomic mass is 16.1. The highest BCUT2D eigenvalue weighted by Crippen LogP contribution is 2.02. The summed E-state index contributed by atoms with van der Waals surface area (Å²) < 4.78 is 0. The number of rotatable bonds is 4. The Bertz CT molecular complexity index is 125. The average molecular weight is 124 g/mol. The zero-order valence-electron chi connectivity index (χ0n) is 5.76. The van der Waals surface area contributed by atoms with Crippen molar-refractivity contribution in [1.29, 1.82) is 0 Å². The number of carbonyl (C=O) groups is 1. The summed E-state index contributed by atoms with van der Waals surface area (Å²) in [6.45, 7) is 8.88. The second-order valence-corrected chi connectivity index (χ2v) is 2.09. The van der Waals surface area contributed by atoms with Gasteiger partial charge in [-0.1, -0.05) is 19.6 Å². The van der Waals surface area contributed by atoms with Crippen molar-refractivity contribution in [1.82, 2.24) is 0 Å². The van der Waals surface area contributed by atoms with E-state index in [9.17, 15) is 4.79 Å². The van der Waals surface area contributed by atoms with Crippen molar-refractivity contribution in [3.63, 3.8) is 0 Å². The van der Waals surface area contributed by atoms with Crippen LogP contribution >= 0.6 is 0 Å². The standard InChI is InChI=1S/C8H12O/c1-4-7(3)6-8(9)5-2/h4-5,7H,1-2,6H2,3H3. The van der Waals surface area contributed by atoms with Gasteiger partial charge in [-0.3, -0.25) is 4.79 Å². The Morgan fingerprint density at radius 3 is 2.56 bits per heavy atom. The van der Waals surface area contributed by atoms with Gasteiger partial charge in [-0.05, 0) is 12.0 Å². The molecule has 0 spiro atoms. The maximum Gasteiger partial charge on any atom is 0.155 e. The fourth-order valence-electron chi connectivity index (χ4n) is 0.484. The molecule has 0 aromatic heterocycles. The summed E-state index contributed by atoms with van der Waals surface area (Å²) in [5.74, 6) is 0.359. The van der Waals surface area contributed by atoms with Crippen molar-refractivity contribution in [2.45, 2.75) is 13.3 Å². The first-order valence-corrected chi connectivity index (χ1v) is 2.98. The molecule has 0 N–H and O–H groups in total. The van der Waals surface area contributed by atoms with E-state index in [-0.39, 0.29) is 11.7 Å². The third kappa shape index (κ3) is 3.71. The van der Waals surface area contributed by atoms with E-state index in [2.05, 4.69) is 13.2 Å². The molecule has 0 saturated carbocycles. The summed E-state index contributed by atoms with van der Waals surface area (Å²) >= 11 is 0.